The van der Waals surface area contributed by atoms with E-state index in [0.717, 1.165) is 5.56 Å². The van der Waals surface area contributed by atoms with Crippen molar-refractivity contribution < 1.29 is 14.6 Å². The highest BCUT2D eigenvalue weighted by Gasteiger charge is 2.08. The summed E-state index contributed by atoms with van der Waals surface area (Å²) >= 11 is 0. The smallest absolute Gasteiger partial charge is 0.251 e. The van der Waals surface area contributed by atoms with Gasteiger partial charge in [0.15, 0.2) is 0 Å². The van der Waals surface area contributed by atoms with E-state index in [-0.39, 0.29) is 19.1 Å². The van der Waals surface area contributed by atoms with E-state index >= 15 is 0 Å². The third-order valence-electron chi connectivity index (χ3n) is 3.19. The zero-order valence-corrected chi connectivity index (χ0v) is 12.8. The Morgan fingerprint density at radius 1 is 1.30 bits per heavy atom. The number of nitriles is 1. The minimum atomic E-state index is -0.596. The van der Waals surface area contributed by atoms with Gasteiger partial charge in [-0.1, -0.05) is 24.3 Å². The minimum absolute atomic E-state index is 0.194. The van der Waals surface area contributed by atoms with Gasteiger partial charge in [0.1, 0.15) is 12.4 Å². The molecule has 0 saturated carbocycles. The highest BCUT2D eigenvalue weighted by Crippen LogP contribution is 2.16. The van der Waals surface area contributed by atoms with Gasteiger partial charge in [-0.25, -0.2) is 0 Å². The Balaban J connectivity index is 2.03. The van der Waals surface area contributed by atoms with Gasteiger partial charge in [0.2, 0.25) is 0 Å². The van der Waals surface area contributed by atoms with E-state index in [9.17, 15) is 9.90 Å². The Labute approximate surface area is 135 Å². The zero-order chi connectivity index (χ0) is 16.7. The molecule has 0 saturated heterocycles. The number of hydrogen-bond donors (Lipinski definition) is 2. The first kappa shape index (κ1) is 16.5. The quantitative estimate of drug-likeness (QED) is 0.857. The Morgan fingerprint density at radius 3 is 2.83 bits per heavy atom. The van der Waals surface area contributed by atoms with Gasteiger partial charge in [-0.15, -0.1) is 0 Å². The van der Waals surface area contributed by atoms with E-state index in [1.807, 2.05) is 12.1 Å². The van der Waals surface area contributed by atoms with E-state index in [1.165, 1.54) is 0 Å². The van der Waals surface area contributed by atoms with Crippen LogP contribution in [0, 0.1) is 11.3 Å². The number of aliphatic hydroxyl groups excluding tert-OH is 1. The third kappa shape index (κ3) is 4.83. The van der Waals surface area contributed by atoms with Gasteiger partial charge < -0.3 is 15.2 Å². The lowest BCUT2D eigenvalue weighted by Crippen LogP contribution is -2.30. The average molecular weight is 310 g/mol. The third-order valence-corrected chi connectivity index (χ3v) is 3.19. The number of aliphatic hydroxyl groups is 1. The molecule has 0 aliphatic heterocycles. The lowest BCUT2D eigenvalue weighted by atomic mass is 10.1. The molecule has 0 aliphatic carbocycles. The Morgan fingerprint density at radius 2 is 2.09 bits per heavy atom. The molecule has 0 fully saturated rings. The number of nitrogens with one attached hydrogen (secondary N) is 1. The van der Waals surface area contributed by atoms with E-state index in [1.54, 1.807) is 43.3 Å². The molecule has 23 heavy (non-hydrogen) atoms. The molecule has 5 nitrogen and oxygen atoms in total. The van der Waals surface area contributed by atoms with Crippen LogP contribution in [0.25, 0.3) is 0 Å². The second kappa shape index (κ2) is 7.97. The first-order chi connectivity index (χ1) is 11.1. The molecular formula is C18H18N2O3. The van der Waals surface area contributed by atoms with Crippen molar-refractivity contribution in [2.24, 2.45) is 0 Å². The monoisotopic (exact) mass is 310 g/mol. The van der Waals surface area contributed by atoms with E-state index in [4.69, 9.17) is 10.00 Å². The summed E-state index contributed by atoms with van der Waals surface area (Å²) in [5, 5.41) is 20.9. The summed E-state index contributed by atoms with van der Waals surface area (Å²) in [5.41, 5.74) is 1.81. The molecule has 2 aromatic rings. The van der Waals surface area contributed by atoms with Gasteiger partial charge in [-0.05, 0) is 31.2 Å². The molecule has 0 aliphatic rings. The summed E-state index contributed by atoms with van der Waals surface area (Å²) in [4.78, 5) is 12.0. The molecule has 2 rings (SSSR count). The number of nitrogens with zero attached hydrogens (tertiary/aromatic N) is 1. The van der Waals surface area contributed by atoms with Crippen molar-refractivity contribution in [2.75, 3.05) is 6.54 Å². The van der Waals surface area contributed by atoms with Gasteiger partial charge in [0, 0.05) is 17.7 Å². The molecule has 2 aromatic carbocycles. The van der Waals surface area contributed by atoms with Crippen LogP contribution in [0.3, 0.4) is 0 Å². The first-order valence-corrected chi connectivity index (χ1v) is 7.27. The number of amides is 1. The first-order valence-electron chi connectivity index (χ1n) is 7.27. The van der Waals surface area contributed by atoms with Crippen LogP contribution in [0.4, 0.5) is 0 Å². The molecule has 118 valence electrons. The molecule has 0 spiro atoms. The summed E-state index contributed by atoms with van der Waals surface area (Å²) in [6.45, 7) is 2.05. The van der Waals surface area contributed by atoms with Crippen LogP contribution < -0.4 is 10.1 Å². The van der Waals surface area contributed by atoms with Crippen LogP contribution in [0.15, 0.2) is 48.5 Å². The van der Waals surface area contributed by atoms with Crippen molar-refractivity contribution in [3.63, 3.8) is 0 Å². The summed E-state index contributed by atoms with van der Waals surface area (Å²) in [6.07, 6.45) is -0.596. The van der Waals surface area contributed by atoms with E-state index < -0.39 is 6.10 Å². The number of carbonyl (C=O) groups is 1. The summed E-state index contributed by atoms with van der Waals surface area (Å²) in [6, 6.07) is 16.1. The maximum absolute atomic E-state index is 12.0. The van der Waals surface area contributed by atoms with Crippen molar-refractivity contribution in [1.29, 1.82) is 5.26 Å². The average Bonchev–Trinajstić information content (AvgIpc) is 2.58. The van der Waals surface area contributed by atoms with E-state index in [0.29, 0.717) is 16.9 Å². The largest absolute Gasteiger partial charge is 0.489 e. The summed E-state index contributed by atoms with van der Waals surface area (Å²) in [5.74, 6) is 0.274. The SMILES string of the molecule is CC(O)CNC(=O)c1cccc(OCc2ccccc2C#N)c1. The number of benzene rings is 2. The number of hydrogen-bond acceptors (Lipinski definition) is 4. The van der Waals surface area contributed by atoms with Gasteiger partial charge in [-0.2, -0.15) is 5.26 Å². The molecule has 0 radical (unpaired) electrons. The molecule has 5 heteroatoms. The molecule has 1 unspecified atom stereocenters. The normalized spacial score (nSPS) is 11.3. The van der Waals surface area contributed by atoms with Crippen molar-refractivity contribution in [2.45, 2.75) is 19.6 Å². The lowest BCUT2D eigenvalue weighted by Gasteiger charge is -2.10. The Kier molecular flexibility index (Phi) is 5.73. The summed E-state index contributed by atoms with van der Waals surface area (Å²) in [7, 11) is 0. The maximum Gasteiger partial charge on any atom is 0.251 e. The second-order valence-corrected chi connectivity index (χ2v) is 5.14. The van der Waals surface area contributed by atoms with Crippen molar-refractivity contribution in [3.8, 4) is 11.8 Å². The molecule has 0 aromatic heterocycles. The van der Waals surface area contributed by atoms with Crippen LogP contribution in [0.2, 0.25) is 0 Å². The van der Waals surface area contributed by atoms with Gasteiger partial charge in [0.05, 0.1) is 17.7 Å². The van der Waals surface area contributed by atoms with Crippen molar-refractivity contribution in [3.05, 3.63) is 65.2 Å². The molecule has 0 bridgehead atoms. The highest BCUT2D eigenvalue weighted by molar-refractivity contribution is 5.94. The van der Waals surface area contributed by atoms with Crippen LogP contribution in [0.1, 0.15) is 28.4 Å². The minimum Gasteiger partial charge on any atom is -0.489 e. The van der Waals surface area contributed by atoms with Crippen LogP contribution >= 0.6 is 0 Å². The number of carbonyl (C=O) groups excluding carboxylic acids is 1. The fourth-order valence-electron chi connectivity index (χ4n) is 1.99. The van der Waals surface area contributed by atoms with Crippen LogP contribution in [0.5, 0.6) is 5.75 Å². The predicted molar refractivity (Wildman–Crippen MR) is 85.9 cm³/mol. The lowest BCUT2D eigenvalue weighted by molar-refractivity contribution is 0.0923. The predicted octanol–water partition coefficient (Wildman–Crippen LogP) is 2.25. The molecule has 2 N–H and O–H groups in total. The fraction of sp³-hybridized carbons (Fsp3) is 0.222. The topological polar surface area (TPSA) is 82.3 Å². The molecule has 0 heterocycles. The van der Waals surface area contributed by atoms with Gasteiger partial charge >= 0.3 is 0 Å². The summed E-state index contributed by atoms with van der Waals surface area (Å²) < 4.78 is 5.67. The van der Waals surface area contributed by atoms with Crippen molar-refractivity contribution in [1.82, 2.24) is 5.32 Å². The van der Waals surface area contributed by atoms with Crippen molar-refractivity contribution >= 4 is 5.91 Å². The molecular weight excluding hydrogens is 292 g/mol. The Bertz CT molecular complexity index is 720. The number of rotatable bonds is 6. The molecule has 1 atom stereocenters. The number of ether oxygens (including phenoxy) is 1. The van der Waals surface area contributed by atoms with E-state index in [2.05, 4.69) is 11.4 Å². The standard InChI is InChI=1S/C18H18N2O3/c1-13(21)11-20-18(22)14-7-4-8-17(9-14)23-12-16-6-3-2-5-15(16)10-19/h2-9,13,21H,11-12H2,1H3,(H,20,22). The fourth-order valence-corrected chi connectivity index (χ4v) is 1.99. The Hall–Kier alpha value is -2.84. The van der Waals surface area contributed by atoms with Gasteiger partial charge in [-0.3, -0.25) is 4.79 Å². The van der Waals surface area contributed by atoms with Gasteiger partial charge in [0.25, 0.3) is 5.91 Å². The van der Waals surface area contributed by atoms with Crippen LogP contribution in [-0.2, 0) is 6.61 Å². The van der Waals surface area contributed by atoms with Crippen LogP contribution in [-0.4, -0.2) is 23.7 Å². The second-order valence-electron chi connectivity index (χ2n) is 5.14. The zero-order valence-electron chi connectivity index (χ0n) is 12.8. The highest BCUT2D eigenvalue weighted by atomic mass is 16.5. The maximum atomic E-state index is 12.0. The molecule has 1 amide bonds.